The highest BCUT2D eigenvalue weighted by atomic mass is 16.5. The Hall–Kier alpha value is -2.76. The van der Waals surface area contributed by atoms with E-state index in [0.717, 1.165) is 37.6 Å². The smallest absolute Gasteiger partial charge is 0.142 e. The standard InChI is InChI=1S/2C24H44N2O/c2*1-2-3-4-5-6-7-8-9-10-11-12-13-14-15-16-17-20-27-24-19-18-22(25)21-23(24)26/h2*18-19,21H,2-17,20,25-26H2,1H3. The van der Waals surface area contributed by atoms with Crippen LogP contribution in [-0.4, -0.2) is 13.2 Å². The van der Waals surface area contributed by atoms with Crippen molar-refractivity contribution in [1.82, 2.24) is 0 Å². The predicted octanol–water partition coefficient (Wildman–Crippen LogP) is 15.0. The van der Waals surface area contributed by atoms with E-state index in [9.17, 15) is 0 Å². The lowest BCUT2D eigenvalue weighted by Gasteiger charge is -2.09. The largest absolute Gasteiger partial charge is 0.491 e. The van der Waals surface area contributed by atoms with Crippen LogP contribution in [0.15, 0.2) is 36.4 Å². The zero-order chi connectivity index (χ0) is 39.2. The van der Waals surface area contributed by atoms with Crippen LogP contribution in [0, 0.1) is 0 Å². The fraction of sp³-hybridized carbons (Fsp3) is 0.750. The second-order valence-corrected chi connectivity index (χ2v) is 15.9. The zero-order valence-corrected chi connectivity index (χ0v) is 35.6. The van der Waals surface area contributed by atoms with Crippen molar-refractivity contribution in [2.75, 3.05) is 36.1 Å². The average molecular weight is 753 g/mol. The normalized spacial score (nSPS) is 11.0. The molecule has 6 nitrogen and oxygen atoms in total. The number of hydrogen-bond acceptors (Lipinski definition) is 6. The minimum absolute atomic E-state index is 0.631. The number of benzene rings is 2. The average Bonchev–Trinajstić information content (AvgIpc) is 3.16. The van der Waals surface area contributed by atoms with Crippen LogP contribution in [0.3, 0.4) is 0 Å². The monoisotopic (exact) mass is 753 g/mol. The molecule has 0 saturated heterocycles. The maximum Gasteiger partial charge on any atom is 0.142 e. The second kappa shape index (κ2) is 37.2. The van der Waals surface area contributed by atoms with Crippen molar-refractivity contribution in [3.63, 3.8) is 0 Å². The fourth-order valence-electron chi connectivity index (χ4n) is 7.06. The van der Waals surface area contributed by atoms with E-state index >= 15 is 0 Å². The van der Waals surface area contributed by atoms with E-state index in [1.807, 2.05) is 24.3 Å². The van der Waals surface area contributed by atoms with Gasteiger partial charge in [-0.3, -0.25) is 0 Å². The van der Waals surface area contributed by atoms with Crippen molar-refractivity contribution >= 4 is 22.7 Å². The van der Waals surface area contributed by atoms with Gasteiger partial charge in [0.25, 0.3) is 0 Å². The summed E-state index contributed by atoms with van der Waals surface area (Å²) in [6.07, 6.45) is 44.3. The highest BCUT2D eigenvalue weighted by Gasteiger charge is 2.02. The lowest BCUT2D eigenvalue weighted by molar-refractivity contribution is 0.305. The first kappa shape index (κ1) is 49.3. The third-order valence-corrected chi connectivity index (χ3v) is 10.6. The van der Waals surface area contributed by atoms with Crippen LogP contribution in [-0.2, 0) is 0 Å². The molecule has 0 saturated carbocycles. The number of rotatable bonds is 36. The first-order valence-corrected chi connectivity index (χ1v) is 23.0. The summed E-state index contributed by atoms with van der Waals surface area (Å²) in [5, 5.41) is 0. The number of unbranched alkanes of at least 4 members (excludes halogenated alkanes) is 30. The van der Waals surface area contributed by atoms with Crippen molar-refractivity contribution in [2.24, 2.45) is 0 Å². The SMILES string of the molecule is CCCCCCCCCCCCCCCCCCOc1ccc(N)cc1N.CCCCCCCCCCCCCCCCCCOc1ccc(N)cc1N. The van der Waals surface area contributed by atoms with Crippen LogP contribution in [0.2, 0.25) is 0 Å². The number of ether oxygens (including phenoxy) is 2. The molecule has 0 spiro atoms. The quantitative estimate of drug-likeness (QED) is 0.0406. The first-order valence-electron chi connectivity index (χ1n) is 23.0. The molecule has 54 heavy (non-hydrogen) atoms. The van der Waals surface area contributed by atoms with Gasteiger partial charge in [0.05, 0.1) is 24.6 Å². The number of nitrogens with two attached hydrogens (primary N) is 4. The summed E-state index contributed by atoms with van der Waals surface area (Å²) >= 11 is 0. The summed E-state index contributed by atoms with van der Waals surface area (Å²) < 4.78 is 11.5. The van der Waals surface area contributed by atoms with Crippen LogP contribution < -0.4 is 32.4 Å². The van der Waals surface area contributed by atoms with Crippen LogP contribution >= 0.6 is 0 Å². The van der Waals surface area contributed by atoms with Crippen LogP contribution in [0.5, 0.6) is 11.5 Å². The molecule has 0 aromatic heterocycles. The Morgan fingerprint density at radius 2 is 0.537 bits per heavy atom. The Kier molecular flexibility index (Phi) is 33.9. The molecule has 0 aliphatic carbocycles. The van der Waals surface area contributed by atoms with Gasteiger partial charge in [-0.05, 0) is 49.2 Å². The molecule has 312 valence electrons. The summed E-state index contributed by atoms with van der Waals surface area (Å²) in [6.45, 7) is 6.06. The van der Waals surface area contributed by atoms with Gasteiger partial charge in [0.1, 0.15) is 11.5 Å². The van der Waals surface area contributed by atoms with Crippen molar-refractivity contribution < 1.29 is 9.47 Å². The van der Waals surface area contributed by atoms with Crippen LogP contribution in [0.4, 0.5) is 22.7 Å². The minimum atomic E-state index is 0.631. The van der Waals surface area contributed by atoms with E-state index in [0.29, 0.717) is 22.7 Å². The summed E-state index contributed by atoms with van der Waals surface area (Å²) in [6, 6.07) is 10.9. The molecule has 0 aliphatic heterocycles. The van der Waals surface area contributed by atoms with Gasteiger partial charge in [-0.25, -0.2) is 0 Å². The lowest BCUT2D eigenvalue weighted by Crippen LogP contribution is -2.01. The molecule has 0 heterocycles. The molecule has 0 bridgehead atoms. The summed E-state index contributed by atoms with van der Waals surface area (Å²) in [7, 11) is 0. The molecular weight excluding hydrogens is 665 g/mol. The van der Waals surface area contributed by atoms with E-state index in [1.54, 1.807) is 12.1 Å². The molecule has 0 amide bonds. The Labute approximate surface area is 334 Å². The summed E-state index contributed by atoms with van der Waals surface area (Å²) in [5.74, 6) is 1.51. The topological polar surface area (TPSA) is 123 Å². The van der Waals surface area contributed by atoms with Gasteiger partial charge < -0.3 is 32.4 Å². The van der Waals surface area contributed by atoms with E-state index in [-0.39, 0.29) is 0 Å². The summed E-state index contributed by atoms with van der Waals surface area (Å²) in [4.78, 5) is 0. The molecule has 0 aliphatic rings. The molecule has 2 aromatic carbocycles. The predicted molar refractivity (Wildman–Crippen MR) is 241 cm³/mol. The van der Waals surface area contributed by atoms with Crippen LogP contribution in [0.25, 0.3) is 0 Å². The molecule has 8 N–H and O–H groups in total. The maximum atomic E-state index is 5.89. The molecule has 0 atom stereocenters. The van der Waals surface area contributed by atoms with Gasteiger partial charge in [0, 0.05) is 11.4 Å². The van der Waals surface area contributed by atoms with E-state index < -0.39 is 0 Å². The molecule has 0 unspecified atom stereocenters. The highest BCUT2D eigenvalue weighted by Crippen LogP contribution is 2.25. The Bertz CT molecular complexity index is 1010. The zero-order valence-electron chi connectivity index (χ0n) is 35.6. The third-order valence-electron chi connectivity index (χ3n) is 10.6. The number of anilines is 4. The van der Waals surface area contributed by atoms with Crippen molar-refractivity contribution in [3.05, 3.63) is 36.4 Å². The van der Waals surface area contributed by atoms with Gasteiger partial charge in [0.15, 0.2) is 0 Å². The van der Waals surface area contributed by atoms with Gasteiger partial charge in [0.2, 0.25) is 0 Å². The van der Waals surface area contributed by atoms with Gasteiger partial charge >= 0.3 is 0 Å². The number of nitrogen functional groups attached to an aromatic ring is 4. The fourth-order valence-corrected chi connectivity index (χ4v) is 7.06. The molecule has 0 radical (unpaired) electrons. The Balaban J connectivity index is 0.000000540. The Morgan fingerprint density at radius 3 is 0.759 bits per heavy atom. The molecule has 2 rings (SSSR count). The minimum Gasteiger partial charge on any atom is -0.491 e. The van der Waals surface area contributed by atoms with Crippen molar-refractivity contribution in [2.45, 2.75) is 219 Å². The van der Waals surface area contributed by atoms with Gasteiger partial charge in [-0.2, -0.15) is 0 Å². The van der Waals surface area contributed by atoms with Crippen LogP contribution in [0.1, 0.15) is 219 Å². The summed E-state index contributed by atoms with van der Waals surface area (Å²) in [5.41, 5.74) is 25.8. The van der Waals surface area contributed by atoms with Gasteiger partial charge in [-0.1, -0.05) is 206 Å². The van der Waals surface area contributed by atoms with Gasteiger partial charge in [-0.15, -0.1) is 0 Å². The Morgan fingerprint density at radius 1 is 0.315 bits per heavy atom. The van der Waals surface area contributed by atoms with E-state index in [2.05, 4.69) is 13.8 Å². The second-order valence-electron chi connectivity index (χ2n) is 15.9. The molecule has 6 heteroatoms. The van der Waals surface area contributed by atoms with Crippen molar-refractivity contribution in [3.8, 4) is 11.5 Å². The van der Waals surface area contributed by atoms with E-state index in [1.165, 1.54) is 193 Å². The maximum absolute atomic E-state index is 5.89. The molecule has 0 fully saturated rings. The van der Waals surface area contributed by atoms with Crippen molar-refractivity contribution in [1.29, 1.82) is 0 Å². The number of hydrogen-bond donors (Lipinski definition) is 4. The first-order chi connectivity index (χ1) is 26.5. The molecular formula is C48H88N4O2. The lowest BCUT2D eigenvalue weighted by atomic mass is 10.0. The highest BCUT2D eigenvalue weighted by molar-refractivity contribution is 5.61. The molecule has 2 aromatic rings. The third kappa shape index (κ3) is 30.6. The van der Waals surface area contributed by atoms with E-state index in [4.69, 9.17) is 32.4 Å².